The van der Waals surface area contributed by atoms with Crippen LogP contribution in [0.3, 0.4) is 0 Å². The summed E-state index contributed by atoms with van der Waals surface area (Å²) in [6.07, 6.45) is 0. The Morgan fingerprint density at radius 3 is 2.80 bits per heavy atom. The molecule has 2 heterocycles. The van der Waals surface area contributed by atoms with Crippen molar-refractivity contribution in [2.45, 2.75) is 27.4 Å². The summed E-state index contributed by atoms with van der Waals surface area (Å²) in [6.45, 7) is 6.35. The van der Waals surface area contributed by atoms with Crippen molar-refractivity contribution in [1.29, 1.82) is 0 Å². The molecular weight excluding hydrogens is 334 g/mol. The molecule has 3 N–H and O–H groups in total. The molecule has 0 spiro atoms. The summed E-state index contributed by atoms with van der Waals surface area (Å²) in [4.78, 5) is 18.5. The third-order valence-electron chi connectivity index (χ3n) is 4.27. The van der Waals surface area contributed by atoms with Gasteiger partial charge in [0.1, 0.15) is 9.71 Å². The minimum absolute atomic E-state index is 0.213. The van der Waals surface area contributed by atoms with E-state index in [9.17, 15) is 4.79 Å². The Labute approximate surface area is 150 Å². The zero-order valence-electron chi connectivity index (χ0n) is 14.8. The highest BCUT2D eigenvalue weighted by Gasteiger charge is 2.20. The molecule has 6 heteroatoms. The van der Waals surface area contributed by atoms with Crippen molar-refractivity contribution in [3.8, 4) is 0 Å². The summed E-state index contributed by atoms with van der Waals surface area (Å²) in [5.74, 6) is -0.213. The number of carbonyl (C=O) groups excluding carboxylic acids is 1. The van der Waals surface area contributed by atoms with Gasteiger partial charge in [-0.1, -0.05) is 12.1 Å². The molecule has 0 saturated heterocycles. The second kappa shape index (κ2) is 6.82. The lowest BCUT2D eigenvalue weighted by Crippen LogP contribution is -2.13. The number of amides is 1. The molecule has 0 aliphatic heterocycles. The minimum Gasteiger partial charge on any atom is -0.397 e. The van der Waals surface area contributed by atoms with Crippen LogP contribution in [0.15, 0.2) is 24.3 Å². The standard InChI is InChI=1S/C19H21N3O2S/c1-10-6-5-7-14(12(10)3)22-18(23)17-16(20)15-13(9-24-4)8-11(2)21-19(15)25-17/h5-8H,9,20H2,1-4H3,(H,22,23). The Balaban J connectivity index is 2.03. The summed E-state index contributed by atoms with van der Waals surface area (Å²) in [5.41, 5.74) is 11.6. The Bertz CT molecular complexity index is 963. The van der Waals surface area contributed by atoms with Gasteiger partial charge in [0.25, 0.3) is 5.91 Å². The van der Waals surface area contributed by atoms with Crippen LogP contribution in [0.2, 0.25) is 0 Å². The van der Waals surface area contributed by atoms with E-state index in [1.807, 2.05) is 45.0 Å². The first-order chi connectivity index (χ1) is 11.9. The molecule has 0 saturated carbocycles. The molecule has 0 aliphatic rings. The number of methoxy groups -OCH3 is 1. The molecule has 3 aromatic rings. The minimum atomic E-state index is -0.213. The number of thiophene rings is 1. The number of pyridine rings is 1. The maximum Gasteiger partial charge on any atom is 0.267 e. The van der Waals surface area contributed by atoms with E-state index in [-0.39, 0.29) is 5.91 Å². The number of nitrogen functional groups attached to an aromatic ring is 1. The number of carbonyl (C=O) groups is 1. The van der Waals surface area contributed by atoms with Crippen molar-refractivity contribution >= 4 is 38.8 Å². The van der Waals surface area contributed by atoms with Gasteiger partial charge in [0.15, 0.2) is 0 Å². The highest BCUT2D eigenvalue weighted by molar-refractivity contribution is 7.21. The van der Waals surface area contributed by atoms with Gasteiger partial charge in [-0.3, -0.25) is 4.79 Å². The van der Waals surface area contributed by atoms with Gasteiger partial charge >= 0.3 is 0 Å². The van der Waals surface area contributed by atoms with Crippen LogP contribution in [-0.2, 0) is 11.3 Å². The van der Waals surface area contributed by atoms with Gasteiger partial charge in [-0.05, 0) is 49.6 Å². The van der Waals surface area contributed by atoms with Gasteiger partial charge in [-0.15, -0.1) is 11.3 Å². The van der Waals surface area contributed by atoms with E-state index in [2.05, 4.69) is 10.3 Å². The van der Waals surface area contributed by atoms with Gasteiger partial charge in [0.2, 0.25) is 0 Å². The average Bonchev–Trinajstić information content (AvgIpc) is 2.89. The number of nitrogens with zero attached hydrogens (tertiary/aromatic N) is 1. The van der Waals surface area contributed by atoms with Crippen LogP contribution in [0, 0.1) is 20.8 Å². The molecule has 1 amide bonds. The smallest absolute Gasteiger partial charge is 0.267 e. The molecule has 1 aromatic carbocycles. The summed E-state index contributed by atoms with van der Waals surface area (Å²) < 4.78 is 5.26. The number of ether oxygens (including phenoxy) is 1. The van der Waals surface area contributed by atoms with Gasteiger partial charge in [-0.2, -0.15) is 0 Å². The summed E-state index contributed by atoms with van der Waals surface area (Å²) in [6, 6.07) is 7.78. The quantitative estimate of drug-likeness (QED) is 0.735. The topological polar surface area (TPSA) is 77.2 Å². The fourth-order valence-electron chi connectivity index (χ4n) is 2.84. The first kappa shape index (κ1) is 17.4. The van der Waals surface area contributed by atoms with Crippen LogP contribution in [-0.4, -0.2) is 18.0 Å². The number of aryl methyl sites for hydroxylation is 2. The van der Waals surface area contributed by atoms with E-state index in [4.69, 9.17) is 10.5 Å². The molecule has 0 bridgehead atoms. The Morgan fingerprint density at radius 2 is 2.08 bits per heavy atom. The predicted octanol–water partition coefficient (Wildman–Crippen LogP) is 4.20. The third kappa shape index (κ3) is 3.23. The summed E-state index contributed by atoms with van der Waals surface area (Å²) in [7, 11) is 1.64. The lowest BCUT2D eigenvalue weighted by Gasteiger charge is -2.10. The number of benzene rings is 1. The zero-order valence-corrected chi connectivity index (χ0v) is 15.6. The average molecular weight is 355 g/mol. The second-order valence-electron chi connectivity index (χ2n) is 6.08. The van der Waals surface area contributed by atoms with E-state index in [0.29, 0.717) is 17.2 Å². The molecule has 25 heavy (non-hydrogen) atoms. The maximum absolute atomic E-state index is 12.8. The maximum atomic E-state index is 12.8. The van der Waals surface area contributed by atoms with E-state index in [1.165, 1.54) is 11.3 Å². The molecule has 2 aromatic heterocycles. The lowest BCUT2D eigenvalue weighted by molar-refractivity contribution is 0.103. The fraction of sp³-hybridized carbons (Fsp3) is 0.263. The second-order valence-corrected chi connectivity index (χ2v) is 7.08. The number of fused-ring (bicyclic) bond motifs is 1. The van der Waals surface area contributed by atoms with Crippen molar-refractivity contribution in [3.05, 3.63) is 51.5 Å². The molecule has 0 aliphatic carbocycles. The van der Waals surface area contributed by atoms with Crippen LogP contribution >= 0.6 is 11.3 Å². The number of hydrogen-bond acceptors (Lipinski definition) is 5. The van der Waals surface area contributed by atoms with Crippen LogP contribution < -0.4 is 11.1 Å². The third-order valence-corrected chi connectivity index (χ3v) is 5.37. The normalized spacial score (nSPS) is 11.0. The monoisotopic (exact) mass is 355 g/mol. The molecular formula is C19H21N3O2S. The number of rotatable bonds is 4. The Hall–Kier alpha value is -2.44. The Kier molecular flexibility index (Phi) is 4.74. The van der Waals surface area contributed by atoms with E-state index >= 15 is 0 Å². The van der Waals surface area contributed by atoms with Crippen molar-refractivity contribution in [1.82, 2.24) is 4.98 Å². The SMILES string of the molecule is COCc1cc(C)nc2sc(C(=O)Nc3cccc(C)c3C)c(N)c12. The summed E-state index contributed by atoms with van der Waals surface area (Å²) >= 11 is 1.31. The number of nitrogens with two attached hydrogens (primary N) is 1. The first-order valence-corrected chi connectivity index (χ1v) is 8.79. The van der Waals surface area contributed by atoms with Crippen molar-refractivity contribution in [2.75, 3.05) is 18.2 Å². The lowest BCUT2D eigenvalue weighted by atomic mass is 10.1. The van der Waals surface area contributed by atoms with Gasteiger partial charge in [-0.25, -0.2) is 4.98 Å². The molecule has 0 atom stereocenters. The van der Waals surface area contributed by atoms with Crippen LogP contribution in [0.5, 0.6) is 0 Å². The number of nitrogens with one attached hydrogen (secondary N) is 1. The number of aromatic nitrogens is 1. The van der Waals surface area contributed by atoms with Crippen LogP contribution in [0.1, 0.15) is 32.1 Å². The molecule has 130 valence electrons. The molecule has 3 rings (SSSR count). The van der Waals surface area contributed by atoms with Gasteiger partial charge in [0.05, 0.1) is 12.3 Å². The van der Waals surface area contributed by atoms with E-state index in [0.717, 1.165) is 38.3 Å². The molecule has 0 fully saturated rings. The van der Waals surface area contributed by atoms with Gasteiger partial charge in [0, 0.05) is 23.9 Å². The van der Waals surface area contributed by atoms with Crippen molar-refractivity contribution in [2.24, 2.45) is 0 Å². The molecule has 0 radical (unpaired) electrons. The highest BCUT2D eigenvalue weighted by atomic mass is 32.1. The molecule has 0 unspecified atom stereocenters. The van der Waals surface area contributed by atoms with Crippen molar-refractivity contribution in [3.63, 3.8) is 0 Å². The van der Waals surface area contributed by atoms with Crippen LogP contribution in [0.4, 0.5) is 11.4 Å². The van der Waals surface area contributed by atoms with Gasteiger partial charge < -0.3 is 15.8 Å². The van der Waals surface area contributed by atoms with Crippen LogP contribution in [0.25, 0.3) is 10.2 Å². The van der Waals surface area contributed by atoms with Crippen molar-refractivity contribution < 1.29 is 9.53 Å². The number of anilines is 2. The molecule has 5 nitrogen and oxygen atoms in total. The number of hydrogen-bond donors (Lipinski definition) is 2. The van der Waals surface area contributed by atoms with E-state index < -0.39 is 0 Å². The summed E-state index contributed by atoms with van der Waals surface area (Å²) in [5, 5.41) is 3.78. The highest BCUT2D eigenvalue weighted by Crippen LogP contribution is 2.36. The Morgan fingerprint density at radius 1 is 1.32 bits per heavy atom. The predicted molar refractivity (Wildman–Crippen MR) is 103 cm³/mol. The first-order valence-electron chi connectivity index (χ1n) is 7.97. The largest absolute Gasteiger partial charge is 0.397 e. The fourth-order valence-corrected chi connectivity index (χ4v) is 3.92. The van der Waals surface area contributed by atoms with E-state index in [1.54, 1.807) is 7.11 Å². The zero-order chi connectivity index (χ0) is 18.1.